The van der Waals surface area contributed by atoms with Crippen molar-refractivity contribution in [2.45, 2.75) is 12.2 Å². The van der Waals surface area contributed by atoms with E-state index in [4.69, 9.17) is 9.47 Å². The maximum absolute atomic E-state index is 12.2. The number of amides is 1. The van der Waals surface area contributed by atoms with Crippen molar-refractivity contribution < 1.29 is 14.3 Å². The molecule has 0 radical (unpaired) electrons. The average molecular weight is 257 g/mol. The molecular weight excluding hydrogens is 234 g/mol. The molecule has 1 N–H and O–H groups in total. The smallest absolute Gasteiger partial charge is 0.236 e. The Morgan fingerprint density at radius 1 is 1.17 bits per heavy atom. The third-order valence-corrected chi connectivity index (χ3v) is 3.74. The lowest BCUT2D eigenvalue weighted by Gasteiger charge is -2.28. The SMILES string of the molecule is COC1CN(C(=O)CN2CCNCC2)CC1OC. The van der Waals surface area contributed by atoms with Crippen LogP contribution in [0.4, 0.5) is 0 Å². The molecule has 0 aromatic heterocycles. The third-order valence-electron chi connectivity index (χ3n) is 3.74. The predicted octanol–water partition coefficient (Wildman–Crippen LogP) is -1.24. The fourth-order valence-corrected chi connectivity index (χ4v) is 2.56. The number of rotatable bonds is 4. The number of carbonyl (C=O) groups is 1. The fraction of sp³-hybridized carbons (Fsp3) is 0.917. The van der Waals surface area contributed by atoms with Crippen LogP contribution in [0.1, 0.15) is 0 Å². The monoisotopic (exact) mass is 257 g/mol. The van der Waals surface area contributed by atoms with Gasteiger partial charge in [0.05, 0.1) is 6.54 Å². The zero-order valence-corrected chi connectivity index (χ0v) is 11.2. The van der Waals surface area contributed by atoms with Crippen molar-refractivity contribution in [2.24, 2.45) is 0 Å². The largest absolute Gasteiger partial charge is 0.377 e. The van der Waals surface area contributed by atoms with Crippen molar-refractivity contribution in [3.63, 3.8) is 0 Å². The second-order valence-electron chi connectivity index (χ2n) is 4.87. The van der Waals surface area contributed by atoms with Crippen LogP contribution in [-0.2, 0) is 14.3 Å². The molecule has 2 rings (SSSR count). The third kappa shape index (κ3) is 3.20. The first-order valence-corrected chi connectivity index (χ1v) is 6.51. The summed E-state index contributed by atoms with van der Waals surface area (Å²) in [6.45, 7) is 5.61. The highest BCUT2D eigenvalue weighted by atomic mass is 16.5. The summed E-state index contributed by atoms with van der Waals surface area (Å²) in [5, 5.41) is 3.28. The Morgan fingerprint density at radius 3 is 2.22 bits per heavy atom. The minimum absolute atomic E-state index is 0.00183. The lowest BCUT2D eigenvalue weighted by Crippen LogP contribution is -2.48. The van der Waals surface area contributed by atoms with Crippen LogP contribution in [0, 0.1) is 0 Å². The summed E-state index contributed by atoms with van der Waals surface area (Å²) >= 11 is 0. The van der Waals surface area contributed by atoms with Crippen molar-refractivity contribution in [3.8, 4) is 0 Å². The van der Waals surface area contributed by atoms with E-state index in [-0.39, 0.29) is 18.1 Å². The Hall–Kier alpha value is -0.690. The van der Waals surface area contributed by atoms with Crippen LogP contribution in [0.5, 0.6) is 0 Å². The van der Waals surface area contributed by atoms with Crippen molar-refractivity contribution >= 4 is 5.91 Å². The molecule has 0 bridgehead atoms. The van der Waals surface area contributed by atoms with E-state index in [0.29, 0.717) is 19.6 Å². The van der Waals surface area contributed by atoms with Gasteiger partial charge in [0.2, 0.25) is 5.91 Å². The molecule has 0 aromatic carbocycles. The number of nitrogens with zero attached hydrogens (tertiary/aromatic N) is 2. The van der Waals surface area contributed by atoms with E-state index in [1.54, 1.807) is 14.2 Å². The van der Waals surface area contributed by atoms with Crippen LogP contribution in [0.2, 0.25) is 0 Å². The Kier molecular flexibility index (Phi) is 4.94. The summed E-state index contributed by atoms with van der Waals surface area (Å²) in [5.41, 5.74) is 0. The average Bonchev–Trinajstić information content (AvgIpc) is 2.83. The fourth-order valence-electron chi connectivity index (χ4n) is 2.56. The Morgan fingerprint density at radius 2 is 1.72 bits per heavy atom. The number of likely N-dealkylation sites (tertiary alicyclic amines) is 1. The van der Waals surface area contributed by atoms with Crippen molar-refractivity contribution in [3.05, 3.63) is 0 Å². The van der Waals surface area contributed by atoms with Crippen LogP contribution in [0.3, 0.4) is 0 Å². The number of carbonyl (C=O) groups excluding carboxylic acids is 1. The van der Waals surface area contributed by atoms with Gasteiger partial charge in [-0.25, -0.2) is 0 Å². The molecule has 6 nitrogen and oxygen atoms in total. The van der Waals surface area contributed by atoms with Gasteiger partial charge in [-0.05, 0) is 0 Å². The van der Waals surface area contributed by atoms with E-state index in [1.165, 1.54) is 0 Å². The first-order valence-electron chi connectivity index (χ1n) is 6.51. The first-order chi connectivity index (χ1) is 8.74. The zero-order valence-electron chi connectivity index (χ0n) is 11.2. The summed E-state index contributed by atoms with van der Waals surface area (Å²) in [6, 6.07) is 0. The number of hydrogen-bond acceptors (Lipinski definition) is 5. The molecule has 1 amide bonds. The second kappa shape index (κ2) is 6.47. The topological polar surface area (TPSA) is 54.0 Å². The number of hydrogen-bond donors (Lipinski definition) is 1. The van der Waals surface area contributed by atoms with Crippen molar-refractivity contribution in [2.75, 3.05) is 60.0 Å². The van der Waals surface area contributed by atoms with Crippen molar-refractivity contribution in [1.29, 1.82) is 0 Å². The van der Waals surface area contributed by atoms with Crippen molar-refractivity contribution in [1.82, 2.24) is 15.1 Å². The predicted molar refractivity (Wildman–Crippen MR) is 67.5 cm³/mol. The molecule has 0 aliphatic carbocycles. The van der Waals surface area contributed by atoms with E-state index in [0.717, 1.165) is 26.2 Å². The molecule has 6 heteroatoms. The molecule has 104 valence electrons. The molecule has 2 saturated heterocycles. The lowest BCUT2D eigenvalue weighted by atomic mass is 10.3. The molecule has 2 aliphatic rings. The minimum atomic E-state index is 0.00183. The molecule has 18 heavy (non-hydrogen) atoms. The summed E-state index contributed by atoms with van der Waals surface area (Å²) in [7, 11) is 3.34. The van der Waals surface area contributed by atoms with Gasteiger partial charge in [0.1, 0.15) is 12.2 Å². The summed E-state index contributed by atoms with van der Waals surface area (Å²) in [4.78, 5) is 16.2. The molecule has 2 fully saturated rings. The maximum Gasteiger partial charge on any atom is 0.236 e. The molecule has 0 aromatic rings. The van der Waals surface area contributed by atoms with Gasteiger partial charge in [-0.3, -0.25) is 9.69 Å². The number of methoxy groups -OCH3 is 2. The highest BCUT2D eigenvalue weighted by Crippen LogP contribution is 2.16. The molecule has 0 saturated carbocycles. The van der Waals surface area contributed by atoms with Gasteiger partial charge in [0.25, 0.3) is 0 Å². The van der Waals surface area contributed by atoms with Gasteiger partial charge in [-0.15, -0.1) is 0 Å². The zero-order chi connectivity index (χ0) is 13.0. The standard InChI is InChI=1S/C12H23N3O3/c1-17-10-7-15(8-11(10)18-2)12(16)9-14-5-3-13-4-6-14/h10-11,13H,3-9H2,1-2H3. The molecule has 2 unspecified atom stereocenters. The van der Waals surface area contributed by atoms with E-state index >= 15 is 0 Å². The molecule has 2 heterocycles. The molecule has 2 aliphatic heterocycles. The molecular formula is C12H23N3O3. The van der Waals surface area contributed by atoms with Gasteiger partial charge in [0.15, 0.2) is 0 Å². The van der Waals surface area contributed by atoms with Gasteiger partial charge in [-0.1, -0.05) is 0 Å². The van der Waals surface area contributed by atoms with Gasteiger partial charge in [0, 0.05) is 53.5 Å². The first kappa shape index (κ1) is 13.7. The maximum atomic E-state index is 12.2. The Labute approximate surface area is 108 Å². The van der Waals surface area contributed by atoms with Crippen LogP contribution in [0.25, 0.3) is 0 Å². The summed E-state index contributed by atoms with van der Waals surface area (Å²) in [5.74, 6) is 0.179. The van der Waals surface area contributed by atoms with Crippen LogP contribution >= 0.6 is 0 Å². The van der Waals surface area contributed by atoms with Crippen LogP contribution in [-0.4, -0.2) is 87.9 Å². The second-order valence-corrected chi connectivity index (χ2v) is 4.87. The highest BCUT2D eigenvalue weighted by molar-refractivity contribution is 5.78. The van der Waals surface area contributed by atoms with Gasteiger partial charge < -0.3 is 19.7 Å². The Bertz CT molecular complexity index is 270. The summed E-state index contributed by atoms with van der Waals surface area (Å²) < 4.78 is 10.7. The highest BCUT2D eigenvalue weighted by Gasteiger charge is 2.35. The Balaban J connectivity index is 1.82. The van der Waals surface area contributed by atoms with E-state index < -0.39 is 0 Å². The van der Waals surface area contributed by atoms with Crippen LogP contribution in [0.15, 0.2) is 0 Å². The summed E-state index contributed by atoms with van der Waals surface area (Å²) in [6.07, 6.45) is 0.00365. The lowest BCUT2D eigenvalue weighted by molar-refractivity contribution is -0.132. The van der Waals surface area contributed by atoms with E-state index in [1.807, 2.05) is 4.90 Å². The molecule has 0 spiro atoms. The van der Waals surface area contributed by atoms with E-state index in [9.17, 15) is 4.79 Å². The normalized spacial score (nSPS) is 29.8. The van der Waals surface area contributed by atoms with E-state index in [2.05, 4.69) is 10.2 Å². The minimum Gasteiger partial charge on any atom is -0.377 e. The van der Waals surface area contributed by atoms with Gasteiger partial charge in [-0.2, -0.15) is 0 Å². The quantitative estimate of drug-likeness (QED) is 0.683. The number of ether oxygens (including phenoxy) is 2. The van der Waals surface area contributed by atoms with Gasteiger partial charge >= 0.3 is 0 Å². The molecule has 2 atom stereocenters. The number of piperazine rings is 1. The number of nitrogens with one attached hydrogen (secondary N) is 1. The van der Waals surface area contributed by atoms with Crippen LogP contribution < -0.4 is 5.32 Å².